The molecule has 25 heavy (non-hydrogen) atoms. The maximum Gasteiger partial charge on any atom is 0.332 e. The minimum atomic E-state index is -0.657. The number of ether oxygens (including phenoxy) is 1. The van der Waals surface area contributed by atoms with Gasteiger partial charge in [-0.1, -0.05) is 38.8 Å². The van der Waals surface area contributed by atoms with Crippen LogP contribution in [-0.4, -0.2) is 24.0 Å². The molecule has 0 unspecified atom stereocenters. The molecule has 1 aliphatic rings. The average molecular weight is 347 g/mol. The Balaban J connectivity index is 2.43. The molecule has 5 heteroatoms. The van der Waals surface area contributed by atoms with E-state index in [-0.39, 0.29) is 23.1 Å². The van der Waals surface area contributed by atoms with Gasteiger partial charge in [0.2, 0.25) is 0 Å². The molecule has 0 radical (unpaired) electrons. The van der Waals surface area contributed by atoms with Gasteiger partial charge in [0.05, 0.1) is 11.3 Å². The van der Waals surface area contributed by atoms with Crippen molar-refractivity contribution >= 4 is 23.1 Å². The SMILES string of the molecule is CCC(CC)CN1C(=O)/C(=C/C(=O)OC(C)(C)C)c2cccc(F)c21. The van der Waals surface area contributed by atoms with Crippen molar-refractivity contribution in [3.63, 3.8) is 0 Å². The van der Waals surface area contributed by atoms with E-state index in [4.69, 9.17) is 4.74 Å². The van der Waals surface area contributed by atoms with E-state index >= 15 is 0 Å². The molecule has 0 N–H and O–H groups in total. The third-order valence-electron chi connectivity index (χ3n) is 4.29. The molecule has 1 aromatic carbocycles. The first-order chi connectivity index (χ1) is 11.7. The van der Waals surface area contributed by atoms with Gasteiger partial charge in [-0.25, -0.2) is 9.18 Å². The van der Waals surface area contributed by atoms with Gasteiger partial charge < -0.3 is 9.64 Å². The Morgan fingerprint density at radius 1 is 1.28 bits per heavy atom. The number of para-hydroxylation sites is 1. The Bertz CT molecular complexity index is 699. The van der Waals surface area contributed by atoms with Crippen LogP contribution < -0.4 is 4.90 Å². The Morgan fingerprint density at radius 2 is 1.92 bits per heavy atom. The van der Waals surface area contributed by atoms with Crippen LogP contribution in [0.2, 0.25) is 0 Å². The summed E-state index contributed by atoms with van der Waals surface area (Å²) in [4.78, 5) is 26.5. The van der Waals surface area contributed by atoms with Crippen LogP contribution in [-0.2, 0) is 14.3 Å². The number of anilines is 1. The smallest absolute Gasteiger partial charge is 0.332 e. The van der Waals surface area contributed by atoms with E-state index < -0.39 is 17.4 Å². The van der Waals surface area contributed by atoms with E-state index in [0.29, 0.717) is 12.1 Å². The second-order valence-corrected chi connectivity index (χ2v) is 7.33. The second kappa shape index (κ2) is 7.38. The van der Waals surface area contributed by atoms with Crippen LogP contribution in [0.1, 0.15) is 53.0 Å². The molecule has 2 rings (SSSR count). The zero-order valence-electron chi connectivity index (χ0n) is 15.6. The van der Waals surface area contributed by atoms with Gasteiger partial charge in [-0.3, -0.25) is 4.79 Å². The lowest BCUT2D eigenvalue weighted by Gasteiger charge is -2.23. The second-order valence-electron chi connectivity index (χ2n) is 7.33. The Morgan fingerprint density at radius 3 is 2.48 bits per heavy atom. The normalized spacial score (nSPS) is 15.9. The van der Waals surface area contributed by atoms with Crippen molar-refractivity contribution in [1.29, 1.82) is 0 Å². The predicted octanol–water partition coefficient (Wildman–Crippen LogP) is 4.33. The summed E-state index contributed by atoms with van der Waals surface area (Å²) < 4.78 is 19.7. The molecule has 0 fully saturated rings. The van der Waals surface area contributed by atoms with E-state index in [1.165, 1.54) is 17.0 Å². The number of benzene rings is 1. The number of hydrogen-bond acceptors (Lipinski definition) is 3. The third-order valence-corrected chi connectivity index (χ3v) is 4.29. The molecule has 0 saturated carbocycles. The quantitative estimate of drug-likeness (QED) is 0.588. The zero-order chi connectivity index (χ0) is 18.8. The zero-order valence-corrected chi connectivity index (χ0v) is 15.6. The molecule has 1 aliphatic heterocycles. The number of fused-ring (bicyclic) bond motifs is 1. The van der Waals surface area contributed by atoms with Gasteiger partial charge in [0, 0.05) is 18.2 Å². The minimum absolute atomic E-state index is 0.190. The Labute approximate surface area is 148 Å². The molecular weight excluding hydrogens is 321 g/mol. The molecule has 0 aliphatic carbocycles. The van der Waals surface area contributed by atoms with Crippen molar-refractivity contribution in [3.8, 4) is 0 Å². The van der Waals surface area contributed by atoms with Gasteiger partial charge in [-0.15, -0.1) is 0 Å². The number of carbonyl (C=O) groups is 2. The van der Waals surface area contributed by atoms with Crippen molar-refractivity contribution in [2.24, 2.45) is 5.92 Å². The lowest BCUT2D eigenvalue weighted by Crippen LogP contribution is -2.32. The molecule has 4 nitrogen and oxygen atoms in total. The highest BCUT2D eigenvalue weighted by atomic mass is 19.1. The summed E-state index contributed by atoms with van der Waals surface area (Å²) in [7, 11) is 0. The van der Waals surface area contributed by atoms with Crippen molar-refractivity contribution in [1.82, 2.24) is 0 Å². The Kier molecular flexibility index (Phi) is 5.65. The number of rotatable bonds is 5. The van der Waals surface area contributed by atoms with E-state index in [1.54, 1.807) is 32.9 Å². The molecule has 0 saturated heterocycles. The molecule has 0 aromatic heterocycles. The highest BCUT2D eigenvalue weighted by Crippen LogP contribution is 2.39. The fourth-order valence-corrected chi connectivity index (χ4v) is 2.94. The maximum atomic E-state index is 14.4. The molecule has 0 bridgehead atoms. The highest BCUT2D eigenvalue weighted by Gasteiger charge is 2.36. The Hall–Kier alpha value is -2.17. The van der Waals surface area contributed by atoms with Crippen LogP contribution in [0.5, 0.6) is 0 Å². The monoisotopic (exact) mass is 347 g/mol. The summed E-state index contributed by atoms with van der Waals surface area (Å²) in [6.07, 6.45) is 2.98. The number of halogens is 1. The van der Waals surface area contributed by atoms with Crippen molar-refractivity contribution in [3.05, 3.63) is 35.7 Å². The molecule has 0 spiro atoms. The molecule has 1 amide bonds. The summed E-state index contributed by atoms with van der Waals surface area (Å²) in [5.41, 5.74) is 0.237. The number of nitrogens with zero attached hydrogens (tertiary/aromatic N) is 1. The summed E-state index contributed by atoms with van der Waals surface area (Å²) >= 11 is 0. The third kappa shape index (κ3) is 4.27. The van der Waals surface area contributed by atoms with Crippen molar-refractivity contribution < 1.29 is 18.7 Å². The van der Waals surface area contributed by atoms with Gasteiger partial charge in [0.1, 0.15) is 11.4 Å². The molecule has 1 heterocycles. The van der Waals surface area contributed by atoms with E-state index in [9.17, 15) is 14.0 Å². The first kappa shape index (κ1) is 19.2. The minimum Gasteiger partial charge on any atom is -0.457 e. The van der Waals surface area contributed by atoms with Crippen LogP contribution in [0.4, 0.5) is 10.1 Å². The van der Waals surface area contributed by atoms with Gasteiger partial charge in [-0.05, 0) is 32.8 Å². The number of esters is 1. The van der Waals surface area contributed by atoms with Gasteiger partial charge in [0.15, 0.2) is 0 Å². The van der Waals surface area contributed by atoms with Gasteiger partial charge in [0.25, 0.3) is 5.91 Å². The highest BCUT2D eigenvalue weighted by molar-refractivity contribution is 6.34. The fourth-order valence-electron chi connectivity index (χ4n) is 2.94. The summed E-state index contributed by atoms with van der Waals surface area (Å²) in [6.45, 7) is 9.81. The summed E-state index contributed by atoms with van der Waals surface area (Å²) in [5, 5.41) is 0. The first-order valence-electron chi connectivity index (χ1n) is 8.73. The van der Waals surface area contributed by atoms with Gasteiger partial charge in [-0.2, -0.15) is 0 Å². The molecule has 1 aromatic rings. The summed E-state index contributed by atoms with van der Waals surface area (Å²) in [6, 6.07) is 4.55. The van der Waals surface area contributed by atoms with Crippen LogP contribution in [0.3, 0.4) is 0 Å². The maximum absolute atomic E-state index is 14.4. The van der Waals surface area contributed by atoms with Crippen molar-refractivity contribution in [2.45, 2.75) is 53.1 Å². The van der Waals surface area contributed by atoms with Crippen LogP contribution in [0.15, 0.2) is 24.3 Å². The molecule has 0 atom stereocenters. The number of amides is 1. The van der Waals surface area contributed by atoms with E-state index in [2.05, 4.69) is 13.8 Å². The lowest BCUT2D eigenvalue weighted by molar-refractivity contribution is -0.148. The van der Waals surface area contributed by atoms with Crippen LogP contribution in [0.25, 0.3) is 5.57 Å². The first-order valence-corrected chi connectivity index (χ1v) is 8.73. The van der Waals surface area contributed by atoms with E-state index in [0.717, 1.165) is 12.8 Å². The largest absolute Gasteiger partial charge is 0.457 e. The fraction of sp³-hybridized carbons (Fsp3) is 0.500. The molecular formula is C20H26FNO3. The van der Waals surface area contributed by atoms with Gasteiger partial charge >= 0.3 is 5.97 Å². The van der Waals surface area contributed by atoms with E-state index in [1.807, 2.05) is 0 Å². The predicted molar refractivity (Wildman–Crippen MR) is 96.6 cm³/mol. The average Bonchev–Trinajstić information content (AvgIpc) is 2.77. The standard InChI is InChI=1S/C20H26FNO3/c1-6-13(7-2)12-22-18-14(9-8-10-16(18)21)15(19(22)24)11-17(23)25-20(3,4)5/h8-11,13H,6-7,12H2,1-5H3/b15-11+. The lowest BCUT2D eigenvalue weighted by atomic mass is 10.0. The van der Waals surface area contributed by atoms with Crippen LogP contribution in [0, 0.1) is 11.7 Å². The summed E-state index contributed by atoms with van der Waals surface area (Å²) in [5.74, 6) is -1.13. The van der Waals surface area contributed by atoms with Crippen molar-refractivity contribution in [2.75, 3.05) is 11.4 Å². The number of hydrogen-bond donors (Lipinski definition) is 0. The topological polar surface area (TPSA) is 46.6 Å². The van der Waals surface area contributed by atoms with Crippen LogP contribution >= 0.6 is 0 Å². The molecule has 136 valence electrons. The number of carbonyl (C=O) groups excluding carboxylic acids is 2.